The molecule has 4 heterocycles. The van der Waals surface area contributed by atoms with Gasteiger partial charge in [0.2, 0.25) is 0 Å². The van der Waals surface area contributed by atoms with Crippen molar-refractivity contribution in [1.82, 2.24) is 14.6 Å². The van der Waals surface area contributed by atoms with E-state index in [1.165, 1.54) is 5.01 Å². The number of carbonyl (C=O) groups excluding carboxylic acids is 1. The molecule has 0 fully saturated rings. The van der Waals surface area contributed by atoms with E-state index in [4.69, 9.17) is 4.42 Å². The van der Waals surface area contributed by atoms with Crippen LogP contribution in [0, 0.1) is 0 Å². The van der Waals surface area contributed by atoms with E-state index in [9.17, 15) is 13.6 Å². The number of hydrogen-bond acceptors (Lipinski definition) is 6. The van der Waals surface area contributed by atoms with Gasteiger partial charge in [0.15, 0.2) is 5.16 Å². The van der Waals surface area contributed by atoms with E-state index in [2.05, 4.69) is 10.1 Å². The van der Waals surface area contributed by atoms with Crippen LogP contribution in [0.15, 0.2) is 74.8 Å². The van der Waals surface area contributed by atoms with Crippen molar-refractivity contribution >= 4 is 45.8 Å². The number of furan rings is 1. The SMILES string of the molecule is O=C(CSc1nc2ccccc2n1C(F)F)N1N=C(c2ccco2)C[C@@H]1c1cccs1. The Morgan fingerprint density at radius 3 is 2.84 bits per heavy atom. The van der Waals surface area contributed by atoms with Crippen molar-refractivity contribution in [1.29, 1.82) is 0 Å². The minimum Gasteiger partial charge on any atom is -0.463 e. The van der Waals surface area contributed by atoms with Crippen molar-refractivity contribution < 1.29 is 18.0 Å². The maximum Gasteiger partial charge on any atom is 0.321 e. The van der Waals surface area contributed by atoms with Gasteiger partial charge < -0.3 is 4.42 Å². The molecule has 0 unspecified atom stereocenters. The number of halogens is 2. The summed E-state index contributed by atoms with van der Waals surface area (Å²) in [5.41, 5.74) is 1.48. The Balaban J connectivity index is 1.40. The zero-order chi connectivity index (χ0) is 21.4. The van der Waals surface area contributed by atoms with E-state index < -0.39 is 6.55 Å². The van der Waals surface area contributed by atoms with E-state index >= 15 is 0 Å². The summed E-state index contributed by atoms with van der Waals surface area (Å²) in [6, 6.07) is 13.9. The molecule has 10 heteroatoms. The summed E-state index contributed by atoms with van der Waals surface area (Å²) in [6.07, 6.45) is 2.09. The molecule has 5 rings (SSSR count). The van der Waals surface area contributed by atoms with E-state index in [-0.39, 0.29) is 22.9 Å². The second-order valence-electron chi connectivity index (χ2n) is 6.82. The van der Waals surface area contributed by atoms with Crippen LogP contribution in [0.5, 0.6) is 0 Å². The Kier molecular flexibility index (Phi) is 5.33. The number of nitrogens with zero attached hydrogens (tertiary/aromatic N) is 4. The number of para-hydroxylation sites is 2. The molecule has 0 aliphatic carbocycles. The molecule has 1 aromatic carbocycles. The highest BCUT2D eigenvalue weighted by atomic mass is 32.2. The van der Waals surface area contributed by atoms with Crippen molar-refractivity contribution in [3.63, 3.8) is 0 Å². The molecule has 1 aliphatic heterocycles. The minimum atomic E-state index is -2.75. The highest BCUT2D eigenvalue weighted by Gasteiger charge is 2.34. The van der Waals surface area contributed by atoms with E-state index in [1.54, 1.807) is 54.0 Å². The number of thiophene rings is 1. The number of benzene rings is 1. The van der Waals surface area contributed by atoms with Gasteiger partial charge in [-0.15, -0.1) is 11.3 Å². The molecule has 158 valence electrons. The first-order chi connectivity index (χ1) is 15.1. The lowest BCUT2D eigenvalue weighted by Crippen LogP contribution is -2.28. The van der Waals surface area contributed by atoms with Gasteiger partial charge in [-0.25, -0.2) is 9.99 Å². The van der Waals surface area contributed by atoms with Crippen molar-refractivity contribution in [3.05, 3.63) is 70.8 Å². The highest BCUT2D eigenvalue weighted by Crippen LogP contribution is 2.36. The maximum atomic E-state index is 13.7. The lowest BCUT2D eigenvalue weighted by Gasteiger charge is -2.20. The third-order valence-corrected chi connectivity index (χ3v) is 6.84. The molecule has 1 atom stereocenters. The quantitative estimate of drug-likeness (QED) is 0.355. The van der Waals surface area contributed by atoms with Crippen LogP contribution in [-0.2, 0) is 4.79 Å². The summed E-state index contributed by atoms with van der Waals surface area (Å²) >= 11 is 2.53. The largest absolute Gasteiger partial charge is 0.463 e. The van der Waals surface area contributed by atoms with Gasteiger partial charge >= 0.3 is 6.55 Å². The number of thioether (sulfide) groups is 1. The van der Waals surface area contributed by atoms with Crippen LogP contribution in [0.3, 0.4) is 0 Å². The number of rotatable bonds is 6. The normalized spacial score (nSPS) is 16.4. The van der Waals surface area contributed by atoms with E-state index in [0.29, 0.717) is 28.9 Å². The zero-order valence-corrected chi connectivity index (χ0v) is 17.7. The monoisotopic (exact) mass is 458 g/mol. The van der Waals surface area contributed by atoms with Crippen molar-refractivity contribution in [2.45, 2.75) is 24.2 Å². The molecule has 0 saturated carbocycles. The third-order valence-electron chi connectivity index (χ3n) is 4.93. The van der Waals surface area contributed by atoms with Crippen LogP contribution in [0.2, 0.25) is 0 Å². The number of alkyl halides is 2. The van der Waals surface area contributed by atoms with Gasteiger partial charge in [0.1, 0.15) is 11.5 Å². The van der Waals surface area contributed by atoms with Crippen LogP contribution in [0.1, 0.15) is 29.6 Å². The fourth-order valence-corrected chi connectivity index (χ4v) is 5.22. The van der Waals surface area contributed by atoms with Gasteiger partial charge in [0, 0.05) is 11.3 Å². The highest BCUT2D eigenvalue weighted by molar-refractivity contribution is 7.99. The standard InChI is InChI=1S/C21H16F2N4O2S2/c22-20(23)26-15-6-2-1-5-13(15)24-21(26)31-12-19(28)27-16(18-8-4-10-30-18)11-14(25-27)17-7-3-9-29-17/h1-10,16,20H,11-12H2/t16-/m1/s1. The molecule has 1 aliphatic rings. The number of amides is 1. The Morgan fingerprint density at radius 2 is 2.10 bits per heavy atom. The van der Waals surface area contributed by atoms with Crippen LogP contribution in [0.4, 0.5) is 8.78 Å². The lowest BCUT2D eigenvalue weighted by atomic mass is 10.1. The molecule has 0 saturated heterocycles. The molecule has 1 amide bonds. The van der Waals surface area contributed by atoms with Crippen molar-refractivity contribution in [3.8, 4) is 0 Å². The predicted molar refractivity (Wildman–Crippen MR) is 115 cm³/mol. The Labute approximate surface area is 184 Å². The van der Waals surface area contributed by atoms with Crippen molar-refractivity contribution in [2.24, 2.45) is 5.10 Å². The fourth-order valence-electron chi connectivity index (χ4n) is 3.54. The summed E-state index contributed by atoms with van der Waals surface area (Å²) in [5, 5.41) is 7.99. The summed E-state index contributed by atoms with van der Waals surface area (Å²) in [4.78, 5) is 18.4. The Bertz CT molecular complexity index is 1240. The van der Waals surface area contributed by atoms with Gasteiger partial charge in [-0.1, -0.05) is 30.0 Å². The molecular weight excluding hydrogens is 442 g/mol. The molecule has 6 nitrogen and oxygen atoms in total. The maximum absolute atomic E-state index is 13.7. The van der Waals surface area contributed by atoms with Gasteiger partial charge in [-0.05, 0) is 35.7 Å². The number of hydrazone groups is 1. The molecule has 0 radical (unpaired) electrons. The predicted octanol–water partition coefficient (Wildman–Crippen LogP) is 5.56. The lowest BCUT2D eigenvalue weighted by molar-refractivity contribution is -0.130. The van der Waals surface area contributed by atoms with Crippen LogP contribution >= 0.6 is 23.1 Å². The summed E-state index contributed by atoms with van der Waals surface area (Å²) in [6.45, 7) is -2.75. The topological polar surface area (TPSA) is 63.6 Å². The Hall–Kier alpha value is -2.98. The van der Waals surface area contributed by atoms with Gasteiger partial charge in [-0.3, -0.25) is 9.36 Å². The van der Waals surface area contributed by atoms with Crippen LogP contribution < -0.4 is 0 Å². The van der Waals surface area contributed by atoms with E-state index in [1.807, 2.05) is 17.5 Å². The molecule has 31 heavy (non-hydrogen) atoms. The van der Waals surface area contributed by atoms with E-state index in [0.717, 1.165) is 21.2 Å². The molecule has 0 bridgehead atoms. The van der Waals surface area contributed by atoms with Gasteiger partial charge in [0.05, 0.1) is 29.1 Å². The minimum absolute atomic E-state index is 0.0626. The number of imidazole rings is 1. The smallest absolute Gasteiger partial charge is 0.321 e. The second kappa shape index (κ2) is 8.27. The molecule has 4 aromatic rings. The van der Waals surface area contributed by atoms with Crippen LogP contribution in [0.25, 0.3) is 11.0 Å². The molecule has 3 aromatic heterocycles. The first kappa shape index (κ1) is 20.0. The van der Waals surface area contributed by atoms with Gasteiger partial charge in [-0.2, -0.15) is 13.9 Å². The summed E-state index contributed by atoms with van der Waals surface area (Å²) < 4.78 is 33.6. The number of fused-ring (bicyclic) bond motifs is 1. The molecule has 0 N–H and O–H groups in total. The zero-order valence-electron chi connectivity index (χ0n) is 16.0. The second-order valence-corrected chi connectivity index (χ2v) is 8.74. The summed E-state index contributed by atoms with van der Waals surface area (Å²) in [7, 11) is 0. The van der Waals surface area contributed by atoms with Crippen molar-refractivity contribution in [2.75, 3.05) is 5.75 Å². The number of hydrogen-bond donors (Lipinski definition) is 0. The average molecular weight is 459 g/mol. The number of carbonyl (C=O) groups is 1. The first-order valence-corrected chi connectivity index (χ1v) is 11.3. The van der Waals surface area contributed by atoms with Crippen LogP contribution in [-0.4, -0.2) is 31.9 Å². The van der Waals surface area contributed by atoms with Gasteiger partial charge in [0.25, 0.3) is 5.91 Å². The molecule has 0 spiro atoms. The number of aromatic nitrogens is 2. The third kappa shape index (κ3) is 3.77. The average Bonchev–Trinajstić information content (AvgIpc) is 3.55. The fraction of sp³-hybridized carbons (Fsp3) is 0.190. The Morgan fingerprint density at radius 1 is 1.23 bits per heavy atom. The summed E-state index contributed by atoms with van der Waals surface area (Å²) in [5.74, 6) is 0.272. The molecular formula is C21H16F2N4O2S2. The first-order valence-electron chi connectivity index (χ1n) is 9.46.